The zero-order valence-electron chi connectivity index (χ0n) is 22.7. The van der Waals surface area contributed by atoms with E-state index in [2.05, 4.69) is 27.7 Å². The third-order valence-electron chi connectivity index (χ3n) is 7.15. The van der Waals surface area contributed by atoms with Crippen molar-refractivity contribution in [2.75, 3.05) is 6.61 Å². The molecular weight excluding hydrogens is 392 g/mol. The van der Waals surface area contributed by atoms with Gasteiger partial charge in [0.1, 0.15) is 0 Å². The molecule has 0 aromatic rings. The maximum atomic E-state index is 12.7. The largest absolute Gasteiger partial charge is 0.465 e. The Kier molecular flexibility index (Phi) is 24.7. The van der Waals surface area contributed by atoms with E-state index in [9.17, 15) is 4.79 Å². The molecule has 192 valence electrons. The molecule has 0 aliphatic heterocycles. The molecule has 0 radical (unpaired) electrons. The van der Waals surface area contributed by atoms with Crippen LogP contribution in [0.15, 0.2) is 0 Å². The summed E-state index contributed by atoms with van der Waals surface area (Å²) in [5.41, 5.74) is 0. The second-order valence-corrected chi connectivity index (χ2v) is 10.3. The lowest BCUT2D eigenvalue weighted by Gasteiger charge is -2.19. The molecule has 0 spiro atoms. The zero-order chi connectivity index (χ0) is 23.7. The van der Waals surface area contributed by atoms with Gasteiger partial charge in [0, 0.05) is 0 Å². The van der Waals surface area contributed by atoms with E-state index in [1.54, 1.807) is 0 Å². The van der Waals surface area contributed by atoms with Gasteiger partial charge in [-0.25, -0.2) is 0 Å². The zero-order valence-corrected chi connectivity index (χ0v) is 22.7. The van der Waals surface area contributed by atoms with Crippen LogP contribution in [0.25, 0.3) is 0 Å². The van der Waals surface area contributed by atoms with Gasteiger partial charge < -0.3 is 4.74 Å². The molecule has 2 unspecified atom stereocenters. The predicted octanol–water partition coefficient (Wildman–Crippen LogP) is 10.4. The van der Waals surface area contributed by atoms with Gasteiger partial charge in [0.15, 0.2) is 0 Å². The van der Waals surface area contributed by atoms with E-state index in [0.29, 0.717) is 12.5 Å². The number of carbonyl (C=O) groups is 1. The van der Waals surface area contributed by atoms with Crippen molar-refractivity contribution < 1.29 is 9.53 Å². The van der Waals surface area contributed by atoms with Crippen molar-refractivity contribution in [3.63, 3.8) is 0 Å². The number of esters is 1. The molecule has 0 aliphatic rings. The van der Waals surface area contributed by atoms with Crippen molar-refractivity contribution in [2.45, 2.75) is 169 Å². The van der Waals surface area contributed by atoms with E-state index in [1.165, 1.54) is 109 Å². The van der Waals surface area contributed by atoms with Gasteiger partial charge >= 0.3 is 5.97 Å². The Morgan fingerprint density at radius 3 is 1.41 bits per heavy atom. The van der Waals surface area contributed by atoms with Crippen LogP contribution in [0.5, 0.6) is 0 Å². The number of carbonyl (C=O) groups excluding carboxylic acids is 1. The minimum absolute atomic E-state index is 0.0862. The van der Waals surface area contributed by atoms with Gasteiger partial charge in [0.2, 0.25) is 0 Å². The molecule has 0 aliphatic carbocycles. The van der Waals surface area contributed by atoms with E-state index in [-0.39, 0.29) is 11.9 Å². The minimum atomic E-state index is 0.0862. The lowest BCUT2D eigenvalue weighted by molar-refractivity contribution is -0.150. The molecule has 0 rings (SSSR count). The fraction of sp³-hybridized carbons (Fsp3) is 0.967. The molecule has 0 heterocycles. The van der Waals surface area contributed by atoms with Crippen LogP contribution in [0.2, 0.25) is 0 Å². The number of hydrogen-bond acceptors (Lipinski definition) is 2. The first-order valence-electron chi connectivity index (χ1n) is 14.9. The number of hydrogen-bond donors (Lipinski definition) is 0. The average molecular weight is 453 g/mol. The smallest absolute Gasteiger partial charge is 0.308 e. The molecule has 0 fully saturated rings. The molecule has 0 saturated heterocycles. The van der Waals surface area contributed by atoms with E-state index in [4.69, 9.17) is 4.74 Å². The Morgan fingerprint density at radius 2 is 0.938 bits per heavy atom. The summed E-state index contributed by atoms with van der Waals surface area (Å²) in [5, 5.41) is 0. The highest BCUT2D eigenvalue weighted by atomic mass is 16.5. The van der Waals surface area contributed by atoms with E-state index < -0.39 is 0 Å². The first kappa shape index (κ1) is 31.5. The lowest BCUT2D eigenvalue weighted by atomic mass is 9.94. The Bertz CT molecular complexity index is 379. The summed E-state index contributed by atoms with van der Waals surface area (Å²) in [5.74, 6) is 0.769. The van der Waals surface area contributed by atoms with Gasteiger partial charge in [-0.3, -0.25) is 4.79 Å². The van der Waals surface area contributed by atoms with Crippen molar-refractivity contribution in [3.8, 4) is 0 Å². The molecule has 0 aromatic carbocycles. The van der Waals surface area contributed by atoms with Gasteiger partial charge in [-0.2, -0.15) is 0 Å². The van der Waals surface area contributed by atoms with E-state index >= 15 is 0 Å². The number of ether oxygens (including phenoxy) is 1. The van der Waals surface area contributed by atoms with Crippen LogP contribution in [0.4, 0.5) is 0 Å². The SMILES string of the molecule is CCCCCCCCCCCCCCCCC(CCCC)C(=O)OCC(CC)CCCC. The van der Waals surface area contributed by atoms with Crippen LogP contribution < -0.4 is 0 Å². The number of rotatable bonds is 25. The predicted molar refractivity (Wildman–Crippen MR) is 142 cm³/mol. The number of unbranched alkanes of at least 4 members (excludes halogenated alkanes) is 15. The molecular formula is C30H60O2. The van der Waals surface area contributed by atoms with Crippen LogP contribution >= 0.6 is 0 Å². The Morgan fingerprint density at radius 1 is 0.531 bits per heavy atom. The van der Waals surface area contributed by atoms with Crippen LogP contribution in [-0.4, -0.2) is 12.6 Å². The third-order valence-corrected chi connectivity index (χ3v) is 7.15. The monoisotopic (exact) mass is 452 g/mol. The summed E-state index contributed by atoms with van der Waals surface area (Å²) >= 11 is 0. The third kappa shape index (κ3) is 20.1. The fourth-order valence-electron chi connectivity index (χ4n) is 4.63. The summed E-state index contributed by atoms with van der Waals surface area (Å²) in [7, 11) is 0. The van der Waals surface area contributed by atoms with Crippen LogP contribution in [0, 0.1) is 11.8 Å². The lowest BCUT2D eigenvalue weighted by Crippen LogP contribution is -2.21. The van der Waals surface area contributed by atoms with E-state index in [1.807, 2.05) is 0 Å². The second-order valence-electron chi connectivity index (χ2n) is 10.3. The van der Waals surface area contributed by atoms with Gasteiger partial charge in [-0.15, -0.1) is 0 Å². The van der Waals surface area contributed by atoms with Crippen molar-refractivity contribution >= 4 is 5.97 Å². The second kappa shape index (κ2) is 25.1. The van der Waals surface area contributed by atoms with Crippen molar-refractivity contribution in [2.24, 2.45) is 11.8 Å². The van der Waals surface area contributed by atoms with Crippen molar-refractivity contribution in [1.29, 1.82) is 0 Å². The molecule has 2 atom stereocenters. The van der Waals surface area contributed by atoms with Crippen LogP contribution in [0.1, 0.15) is 169 Å². The molecule has 0 bridgehead atoms. The molecule has 0 saturated carbocycles. The average Bonchev–Trinajstić information content (AvgIpc) is 2.81. The van der Waals surface area contributed by atoms with E-state index in [0.717, 1.165) is 32.1 Å². The summed E-state index contributed by atoms with van der Waals surface area (Å²) in [4.78, 5) is 12.7. The van der Waals surface area contributed by atoms with Crippen LogP contribution in [-0.2, 0) is 9.53 Å². The molecule has 2 nitrogen and oxygen atoms in total. The fourth-order valence-corrected chi connectivity index (χ4v) is 4.63. The Hall–Kier alpha value is -0.530. The van der Waals surface area contributed by atoms with Gasteiger partial charge in [-0.05, 0) is 25.2 Å². The first-order valence-corrected chi connectivity index (χ1v) is 14.9. The first-order chi connectivity index (χ1) is 15.7. The quantitative estimate of drug-likeness (QED) is 0.102. The summed E-state index contributed by atoms with van der Waals surface area (Å²) in [6.45, 7) is 9.59. The maximum absolute atomic E-state index is 12.7. The highest BCUT2D eigenvalue weighted by Gasteiger charge is 2.20. The molecule has 0 N–H and O–H groups in total. The molecule has 0 aromatic heterocycles. The van der Waals surface area contributed by atoms with Gasteiger partial charge in [-0.1, -0.05) is 150 Å². The molecule has 0 amide bonds. The van der Waals surface area contributed by atoms with Crippen molar-refractivity contribution in [1.82, 2.24) is 0 Å². The maximum Gasteiger partial charge on any atom is 0.308 e. The molecule has 32 heavy (non-hydrogen) atoms. The highest BCUT2D eigenvalue weighted by molar-refractivity contribution is 5.72. The summed E-state index contributed by atoms with van der Waals surface area (Å²) < 4.78 is 5.78. The molecule has 2 heteroatoms. The van der Waals surface area contributed by atoms with Crippen LogP contribution in [0.3, 0.4) is 0 Å². The minimum Gasteiger partial charge on any atom is -0.465 e. The topological polar surface area (TPSA) is 26.3 Å². The summed E-state index contributed by atoms with van der Waals surface area (Å²) in [6.07, 6.45) is 28.5. The van der Waals surface area contributed by atoms with Gasteiger partial charge in [0.05, 0.1) is 12.5 Å². The normalized spacial score (nSPS) is 13.2. The Labute approximate surface area is 203 Å². The Balaban J connectivity index is 3.80. The van der Waals surface area contributed by atoms with Crippen molar-refractivity contribution in [3.05, 3.63) is 0 Å². The summed E-state index contributed by atoms with van der Waals surface area (Å²) in [6, 6.07) is 0. The highest BCUT2D eigenvalue weighted by Crippen LogP contribution is 2.21. The standard InChI is InChI=1S/C30H60O2/c1-5-9-12-13-14-15-16-17-18-19-20-21-22-23-26-29(25-11-7-3)30(31)32-27-28(8-4)24-10-6-2/h28-29H,5-27H2,1-4H3. The van der Waals surface area contributed by atoms with Gasteiger partial charge in [0.25, 0.3) is 0 Å².